The van der Waals surface area contributed by atoms with Gasteiger partial charge in [0.05, 0.1) is 50.4 Å². The summed E-state index contributed by atoms with van der Waals surface area (Å²) in [6, 6.07) is 25.5. The molecule has 4 amide bonds. The van der Waals surface area contributed by atoms with E-state index in [0.29, 0.717) is 88.0 Å². The quantitative estimate of drug-likeness (QED) is 0.0517. The number of rotatable bonds is 18. The molecule has 0 radical (unpaired) electrons. The first-order chi connectivity index (χ1) is 35.3. The topological polar surface area (TPSA) is 219 Å². The average molecular weight is 992 g/mol. The highest BCUT2D eigenvalue weighted by Crippen LogP contribution is 2.46. The number of hydrogen-bond donors (Lipinski definition) is 4. The van der Waals surface area contributed by atoms with Gasteiger partial charge in [0.25, 0.3) is 5.91 Å². The summed E-state index contributed by atoms with van der Waals surface area (Å²) in [5.41, 5.74) is 7.48. The van der Waals surface area contributed by atoms with E-state index in [1.165, 1.54) is 35.2 Å². The van der Waals surface area contributed by atoms with Crippen LogP contribution in [0.1, 0.15) is 83.9 Å². The number of nitrogens with one attached hydrogen (secondary N) is 3. The van der Waals surface area contributed by atoms with Gasteiger partial charge in [-0.25, -0.2) is 0 Å². The van der Waals surface area contributed by atoms with Gasteiger partial charge in [-0.1, -0.05) is 36.4 Å². The van der Waals surface area contributed by atoms with Gasteiger partial charge < -0.3 is 49.6 Å². The predicted molar refractivity (Wildman–Crippen MR) is 274 cm³/mol. The Morgan fingerprint density at radius 2 is 1.27 bits per heavy atom. The van der Waals surface area contributed by atoms with Gasteiger partial charge in [0, 0.05) is 72.9 Å². The van der Waals surface area contributed by atoms with E-state index in [2.05, 4.69) is 26.8 Å². The number of nitrogens with zero attached hydrogens (tertiary/aromatic N) is 4. The molecule has 18 nitrogen and oxygen atoms in total. The normalized spacial score (nSPS) is 17.5. The molecule has 0 aromatic heterocycles. The van der Waals surface area contributed by atoms with E-state index in [4.69, 9.17) is 28.9 Å². The summed E-state index contributed by atoms with van der Waals surface area (Å²) in [5.74, 6) is -0.628. The Hall–Kier alpha value is -8.25. The monoisotopic (exact) mass is 991 g/mol. The van der Waals surface area contributed by atoms with E-state index >= 15 is 0 Å². The third-order valence-corrected chi connectivity index (χ3v) is 13.3. The smallest absolute Gasteiger partial charge is 0.305 e. The van der Waals surface area contributed by atoms with Crippen molar-refractivity contribution in [3.63, 3.8) is 0 Å². The van der Waals surface area contributed by atoms with Crippen molar-refractivity contribution in [2.24, 2.45) is 9.98 Å². The molecule has 0 bridgehead atoms. The molecule has 0 saturated heterocycles. The molecule has 5 aromatic carbocycles. The number of aliphatic hydroxyl groups is 1. The molecule has 0 spiro atoms. The van der Waals surface area contributed by atoms with Crippen molar-refractivity contribution < 1.29 is 52.8 Å². The van der Waals surface area contributed by atoms with Gasteiger partial charge in [0.2, 0.25) is 17.7 Å². The SMILES string of the molecule is COC(=O)CCCCC(=O)N[C@@H](C)C(=O)N[C@@H](C)C(=O)Nc1cc(COc2cc3c(cc2OC)C(=O)N2c4ccccc4C[C@H]2C=N3)cc(COc2cc3c(cc2OC)C(O)N2c4ccccc4C[C@H]2C=N3)c1. The van der Waals surface area contributed by atoms with Crippen LogP contribution in [0.4, 0.5) is 28.4 Å². The van der Waals surface area contributed by atoms with Crippen molar-refractivity contribution in [1.29, 1.82) is 0 Å². The number of esters is 1. The molecule has 4 aliphatic rings. The number of amides is 4. The number of methoxy groups -OCH3 is 3. The van der Waals surface area contributed by atoms with E-state index in [1.54, 1.807) is 47.5 Å². The highest BCUT2D eigenvalue weighted by molar-refractivity contribution is 6.14. The number of aliphatic imine (C=N–C) groups is 2. The highest BCUT2D eigenvalue weighted by atomic mass is 16.5. The van der Waals surface area contributed by atoms with Crippen molar-refractivity contribution >= 4 is 70.5 Å². The Balaban J connectivity index is 0.933. The van der Waals surface area contributed by atoms with Crippen molar-refractivity contribution in [3.05, 3.63) is 124 Å². The number of unbranched alkanes of at least 4 members (excludes halogenated alkanes) is 1. The Kier molecular flexibility index (Phi) is 14.7. The fourth-order valence-corrected chi connectivity index (χ4v) is 9.55. The molecule has 73 heavy (non-hydrogen) atoms. The van der Waals surface area contributed by atoms with Crippen LogP contribution in [0.3, 0.4) is 0 Å². The number of carbonyl (C=O) groups excluding carboxylic acids is 5. The maximum atomic E-state index is 14.1. The van der Waals surface area contributed by atoms with Crippen LogP contribution in [0, 0.1) is 0 Å². The molecular weight excluding hydrogens is 935 g/mol. The van der Waals surface area contributed by atoms with E-state index in [9.17, 15) is 29.1 Å². The zero-order valence-electron chi connectivity index (χ0n) is 41.2. The number of carbonyl (C=O) groups is 5. The summed E-state index contributed by atoms with van der Waals surface area (Å²) >= 11 is 0. The molecule has 378 valence electrons. The maximum Gasteiger partial charge on any atom is 0.305 e. The minimum atomic E-state index is -1.02. The lowest BCUT2D eigenvalue weighted by Gasteiger charge is -2.29. The molecule has 4 heterocycles. The largest absolute Gasteiger partial charge is 0.493 e. The third kappa shape index (κ3) is 10.7. The first-order valence-corrected chi connectivity index (χ1v) is 24.2. The van der Waals surface area contributed by atoms with E-state index in [-0.39, 0.29) is 55.9 Å². The number of aliphatic hydroxyl groups excluding tert-OH is 1. The van der Waals surface area contributed by atoms with Crippen molar-refractivity contribution in [2.75, 3.05) is 36.4 Å². The van der Waals surface area contributed by atoms with Crippen LogP contribution in [0.5, 0.6) is 23.0 Å². The molecule has 0 saturated carbocycles. The molecular formula is C55H57N7O11. The van der Waals surface area contributed by atoms with Crippen LogP contribution in [0.15, 0.2) is 101 Å². The predicted octanol–water partition coefficient (Wildman–Crippen LogP) is 6.97. The number of hydrogen-bond acceptors (Lipinski definition) is 14. The second-order valence-electron chi connectivity index (χ2n) is 18.3. The summed E-state index contributed by atoms with van der Waals surface area (Å²) < 4.78 is 29.0. The van der Waals surface area contributed by atoms with Crippen LogP contribution in [0.25, 0.3) is 0 Å². The molecule has 9 rings (SSSR count). The van der Waals surface area contributed by atoms with Crippen LogP contribution in [0.2, 0.25) is 0 Å². The van der Waals surface area contributed by atoms with Crippen LogP contribution in [-0.4, -0.2) is 92.6 Å². The van der Waals surface area contributed by atoms with Crippen LogP contribution < -0.4 is 44.7 Å². The van der Waals surface area contributed by atoms with E-state index in [1.807, 2.05) is 59.6 Å². The number of ether oxygens (including phenoxy) is 5. The first-order valence-electron chi connectivity index (χ1n) is 24.2. The first kappa shape index (κ1) is 49.7. The average Bonchev–Trinajstić information content (AvgIpc) is 3.89. The Bertz CT molecular complexity index is 3030. The Morgan fingerprint density at radius 3 is 1.97 bits per heavy atom. The van der Waals surface area contributed by atoms with Gasteiger partial charge in [-0.3, -0.25) is 38.9 Å². The molecule has 1 unspecified atom stereocenters. The maximum absolute atomic E-state index is 14.1. The minimum Gasteiger partial charge on any atom is -0.493 e. The molecule has 5 atom stereocenters. The molecule has 4 N–H and O–H groups in total. The van der Waals surface area contributed by atoms with Gasteiger partial charge in [-0.15, -0.1) is 0 Å². The lowest BCUT2D eigenvalue weighted by Crippen LogP contribution is -2.50. The summed E-state index contributed by atoms with van der Waals surface area (Å²) in [4.78, 5) is 78.1. The molecule has 0 fully saturated rings. The van der Waals surface area contributed by atoms with Gasteiger partial charge >= 0.3 is 5.97 Å². The highest BCUT2D eigenvalue weighted by Gasteiger charge is 2.38. The number of fused-ring (bicyclic) bond motifs is 8. The second kappa shape index (κ2) is 21.6. The molecule has 5 aromatic rings. The number of anilines is 3. The van der Waals surface area contributed by atoms with Crippen molar-refractivity contribution in [1.82, 2.24) is 10.6 Å². The van der Waals surface area contributed by atoms with Gasteiger partial charge in [-0.05, 0) is 91.4 Å². The fraction of sp³-hybridized carbons (Fsp3) is 0.327. The van der Waals surface area contributed by atoms with Crippen LogP contribution in [-0.2, 0) is 50.0 Å². The van der Waals surface area contributed by atoms with Gasteiger partial charge in [0.15, 0.2) is 29.2 Å². The summed E-state index contributed by atoms with van der Waals surface area (Å²) in [5, 5.41) is 20.0. The zero-order chi connectivity index (χ0) is 51.3. The second-order valence-corrected chi connectivity index (χ2v) is 18.3. The standard InChI is InChI=1S/C55H57N7O11/c1-31(58-50(63)16-10-11-17-51(64)71-5)52(65)59-32(2)53(66)60-37-19-33(29-72-48-25-42-40(23-46(48)69-3)54(67)61-38(27-56-42)21-35-12-6-8-14-44(35)61)18-34(20-37)30-73-49-26-43-41(24-47(49)70-4)55(68)62-39(28-57-43)22-36-13-7-9-15-45(36)62/h6-9,12-15,18-20,23-28,31-32,38-39,54,67H,10-11,16-17,21-22,29-30H2,1-5H3,(H,58,63)(H,59,65)(H,60,66)/t31-,32-,38-,39-,54?/m0/s1. The molecule has 4 aliphatic heterocycles. The van der Waals surface area contributed by atoms with Gasteiger partial charge in [-0.2, -0.15) is 0 Å². The Morgan fingerprint density at radius 1 is 0.685 bits per heavy atom. The minimum absolute atomic E-state index is 0.00771. The van der Waals surface area contributed by atoms with Crippen LogP contribution >= 0.6 is 0 Å². The zero-order valence-corrected chi connectivity index (χ0v) is 41.2. The van der Waals surface area contributed by atoms with Crippen molar-refractivity contribution in [3.8, 4) is 23.0 Å². The summed E-state index contributed by atoms with van der Waals surface area (Å²) in [7, 11) is 4.32. The Labute approximate surface area is 422 Å². The molecule has 0 aliphatic carbocycles. The van der Waals surface area contributed by atoms with Crippen molar-refractivity contribution in [2.45, 2.75) is 96.0 Å². The lowest BCUT2D eigenvalue weighted by molar-refractivity contribution is -0.140. The molecule has 18 heteroatoms. The summed E-state index contributed by atoms with van der Waals surface area (Å²) in [6.07, 6.45) is 5.18. The lowest BCUT2D eigenvalue weighted by atomic mass is 10.1. The third-order valence-electron chi connectivity index (χ3n) is 13.3. The summed E-state index contributed by atoms with van der Waals surface area (Å²) in [6.45, 7) is 3.02. The van der Waals surface area contributed by atoms with Gasteiger partial charge in [0.1, 0.15) is 25.3 Å². The van der Waals surface area contributed by atoms with E-state index in [0.717, 1.165) is 22.5 Å². The number of benzene rings is 5. The number of para-hydroxylation sites is 2. The fourth-order valence-electron chi connectivity index (χ4n) is 9.55. The van der Waals surface area contributed by atoms with E-state index < -0.39 is 30.1 Å².